The number of rotatable bonds is 3. The smallest absolute Gasteiger partial charge is 0.127 e. The highest BCUT2D eigenvalue weighted by molar-refractivity contribution is 5.89. The molecule has 1 atom stereocenters. The molecule has 3 nitrogen and oxygen atoms in total. The van der Waals surface area contributed by atoms with Crippen LogP contribution < -0.4 is 4.74 Å². The van der Waals surface area contributed by atoms with Crippen LogP contribution in [0.2, 0.25) is 0 Å². The molecule has 84 valence electrons. The van der Waals surface area contributed by atoms with E-state index in [1.54, 1.807) is 0 Å². The number of epoxide rings is 1. The van der Waals surface area contributed by atoms with Crippen molar-refractivity contribution in [1.29, 1.82) is 5.26 Å². The highest BCUT2D eigenvalue weighted by Crippen LogP contribution is 2.27. The summed E-state index contributed by atoms with van der Waals surface area (Å²) in [6.07, 6.45) is 0.240. The minimum atomic E-state index is 0.240. The van der Waals surface area contributed by atoms with Crippen molar-refractivity contribution in [3.8, 4) is 11.8 Å². The third kappa shape index (κ3) is 2.08. The van der Waals surface area contributed by atoms with E-state index in [9.17, 15) is 0 Å². The van der Waals surface area contributed by atoms with Crippen LogP contribution in [-0.4, -0.2) is 19.3 Å². The van der Waals surface area contributed by atoms with Crippen LogP contribution in [0.4, 0.5) is 0 Å². The van der Waals surface area contributed by atoms with Crippen molar-refractivity contribution in [3.05, 3.63) is 42.0 Å². The highest BCUT2D eigenvalue weighted by Gasteiger charge is 2.23. The van der Waals surface area contributed by atoms with Crippen molar-refractivity contribution in [2.45, 2.75) is 6.10 Å². The first-order chi connectivity index (χ1) is 8.36. The second-order valence-electron chi connectivity index (χ2n) is 4.07. The van der Waals surface area contributed by atoms with Gasteiger partial charge in [-0.1, -0.05) is 18.2 Å². The molecule has 0 bridgehead atoms. The maximum Gasteiger partial charge on any atom is 0.127 e. The Bertz CT molecular complexity index is 597. The Morgan fingerprint density at radius 3 is 3.00 bits per heavy atom. The third-order valence-corrected chi connectivity index (χ3v) is 2.80. The number of nitrogens with zero attached hydrogens (tertiary/aromatic N) is 1. The summed E-state index contributed by atoms with van der Waals surface area (Å²) in [6.45, 7) is 1.37. The lowest BCUT2D eigenvalue weighted by atomic mass is 10.1. The Morgan fingerprint density at radius 1 is 1.35 bits per heavy atom. The zero-order chi connectivity index (χ0) is 11.7. The van der Waals surface area contributed by atoms with Gasteiger partial charge < -0.3 is 9.47 Å². The molecule has 0 aliphatic carbocycles. The first-order valence-electron chi connectivity index (χ1n) is 5.54. The number of ether oxygens (including phenoxy) is 2. The average molecular weight is 225 g/mol. The molecule has 1 heterocycles. The SMILES string of the molecule is N#Cc1ccc2cccc(OCC3CO3)c2c1. The maximum atomic E-state index is 8.91. The van der Waals surface area contributed by atoms with E-state index in [4.69, 9.17) is 14.7 Å². The zero-order valence-electron chi connectivity index (χ0n) is 9.22. The summed E-state index contributed by atoms with van der Waals surface area (Å²) < 4.78 is 10.8. The van der Waals surface area contributed by atoms with E-state index in [0.717, 1.165) is 23.1 Å². The van der Waals surface area contributed by atoms with Crippen LogP contribution in [0.15, 0.2) is 36.4 Å². The van der Waals surface area contributed by atoms with Crippen molar-refractivity contribution in [2.24, 2.45) is 0 Å². The van der Waals surface area contributed by atoms with Crippen molar-refractivity contribution in [1.82, 2.24) is 0 Å². The van der Waals surface area contributed by atoms with E-state index < -0.39 is 0 Å². The Hall–Kier alpha value is -2.05. The number of hydrogen-bond donors (Lipinski definition) is 0. The molecule has 1 saturated heterocycles. The molecule has 1 fully saturated rings. The topological polar surface area (TPSA) is 45.5 Å². The van der Waals surface area contributed by atoms with Gasteiger partial charge in [0.2, 0.25) is 0 Å². The summed E-state index contributed by atoms with van der Waals surface area (Å²) >= 11 is 0. The van der Waals surface area contributed by atoms with Gasteiger partial charge in [-0.05, 0) is 23.6 Å². The molecule has 1 aliphatic rings. The van der Waals surface area contributed by atoms with Crippen LogP contribution in [0, 0.1) is 11.3 Å². The summed E-state index contributed by atoms with van der Waals surface area (Å²) in [5.41, 5.74) is 0.649. The largest absolute Gasteiger partial charge is 0.490 e. The Morgan fingerprint density at radius 2 is 2.24 bits per heavy atom. The Kier molecular flexibility index (Phi) is 2.43. The molecule has 1 unspecified atom stereocenters. The van der Waals surface area contributed by atoms with Gasteiger partial charge in [-0.3, -0.25) is 0 Å². The van der Waals surface area contributed by atoms with Gasteiger partial charge in [-0.25, -0.2) is 0 Å². The summed E-state index contributed by atoms with van der Waals surface area (Å²) in [7, 11) is 0. The van der Waals surface area contributed by atoms with Crippen LogP contribution >= 0.6 is 0 Å². The zero-order valence-corrected chi connectivity index (χ0v) is 9.22. The van der Waals surface area contributed by atoms with Crippen molar-refractivity contribution in [2.75, 3.05) is 13.2 Å². The van der Waals surface area contributed by atoms with Crippen LogP contribution in [-0.2, 0) is 4.74 Å². The molecule has 0 saturated carbocycles. The molecular formula is C14H11NO2. The number of nitriles is 1. The van der Waals surface area contributed by atoms with Gasteiger partial charge in [-0.2, -0.15) is 5.26 Å². The van der Waals surface area contributed by atoms with E-state index in [1.807, 2.05) is 36.4 Å². The van der Waals surface area contributed by atoms with Crippen LogP contribution in [0.25, 0.3) is 10.8 Å². The Balaban J connectivity index is 2.00. The first-order valence-corrected chi connectivity index (χ1v) is 5.54. The lowest BCUT2D eigenvalue weighted by molar-refractivity contribution is 0.265. The normalized spacial score (nSPS) is 17.7. The van der Waals surface area contributed by atoms with E-state index in [2.05, 4.69) is 6.07 Å². The fourth-order valence-corrected chi connectivity index (χ4v) is 1.79. The van der Waals surface area contributed by atoms with Crippen molar-refractivity contribution in [3.63, 3.8) is 0 Å². The molecule has 0 N–H and O–H groups in total. The molecule has 0 radical (unpaired) electrons. The summed E-state index contributed by atoms with van der Waals surface area (Å²) in [4.78, 5) is 0. The predicted molar refractivity (Wildman–Crippen MR) is 63.9 cm³/mol. The molecule has 3 heteroatoms. The molecule has 0 spiro atoms. The van der Waals surface area contributed by atoms with Gasteiger partial charge >= 0.3 is 0 Å². The molecule has 3 rings (SSSR count). The summed E-state index contributed by atoms with van der Waals surface area (Å²) in [5, 5.41) is 11.0. The fourth-order valence-electron chi connectivity index (χ4n) is 1.79. The molecule has 0 amide bonds. The van der Waals surface area contributed by atoms with Gasteiger partial charge in [0, 0.05) is 5.39 Å². The minimum absolute atomic E-state index is 0.240. The number of benzene rings is 2. The van der Waals surface area contributed by atoms with Crippen LogP contribution in [0.5, 0.6) is 5.75 Å². The molecular weight excluding hydrogens is 214 g/mol. The molecule has 2 aromatic rings. The number of fused-ring (bicyclic) bond motifs is 1. The third-order valence-electron chi connectivity index (χ3n) is 2.80. The van der Waals surface area contributed by atoms with Crippen molar-refractivity contribution >= 4 is 10.8 Å². The van der Waals surface area contributed by atoms with E-state index >= 15 is 0 Å². The van der Waals surface area contributed by atoms with E-state index in [0.29, 0.717) is 12.2 Å². The lowest BCUT2D eigenvalue weighted by Gasteiger charge is -2.08. The van der Waals surface area contributed by atoms with Gasteiger partial charge in [0.25, 0.3) is 0 Å². The lowest BCUT2D eigenvalue weighted by Crippen LogP contribution is -2.04. The van der Waals surface area contributed by atoms with Crippen molar-refractivity contribution < 1.29 is 9.47 Å². The van der Waals surface area contributed by atoms with Crippen LogP contribution in [0.3, 0.4) is 0 Å². The predicted octanol–water partition coefficient (Wildman–Crippen LogP) is 2.49. The van der Waals surface area contributed by atoms with E-state index in [1.165, 1.54) is 0 Å². The van der Waals surface area contributed by atoms with E-state index in [-0.39, 0.29) is 6.10 Å². The standard InChI is InChI=1S/C14H11NO2/c15-7-10-4-5-11-2-1-3-14(13(11)6-10)17-9-12-8-16-12/h1-6,12H,8-9H2. The maximum absolute atomic E-state index is 8.91. The molecule has 0 aromatic heterocycles. The monoisotopic (exact) mass is 225 g/mol. The van der Waals surface area contributed by atoms with Gasteiger partial charge in [0.05, 0.1) is 18.2 Å². The second kappa shape index (κ2) is 4.08. The quantitative estimate of drug-likeness (QED) is 0.754. The van der Waals surface area contributed by atoms with Gasteiger partial charge in [-0.15, -0.1) is 0 Å². The van der Waals surface area contributed by atoms with Crippen LogP contribution in [0.1, 0.15) is 5.56 Å². The minimum Gasteiger partial charge on any atom is -0.490 e. The molecule has 17 heavy (non-hydrogen) atoms. The molecule has 1 aliphatic heterocycles. The molecule has 2 aromatic carbocycles. The fraction of sp³-hybridized carbons (Fsp3) is 0.214. The average Bonchev–Trinajstić information content (AvgIpc) is 3.19. The summed E-state index contributed by atoms with van der Waals surface area (Å²) in [5.74, 6) is 0.815. The van der Waals surface area contributed by atoms with Gasteiger partial charge in [0.15, 0.2) is 0 Å². The highest BCUT2D eigenvalue weighted by atomic mass is 16.6. The summed E-state index contributed by atoms with van der Waals surface area (Å²) in [6, 6.07) is 13.6. The number of hydrogen-bond acceptors (Lipinski definition) is 3. The first kappa shape index (κ1) is 10.1. The second-order valence-corrected chi connectivity index (χ2v) is 4.07. The Labute approximate surface area is 99.2 Å². The van der Waals surface area contributed by atoms with Gasteiger partial charge in [0.1, 0.15) is 18.5 Å².